The lowest BCUT2D eigenvalue weighted by Crippen LogP contribution is -2.32. The summed E-state index contributed by atoms with van der Waals surface area (Å²) >= 11 is 0. The van der Waals surface area contributed by atoms with Gasteiger partial charge in [-0.25, -0.2) is 8.42 Å². The van der Waals surface area contributed by atoms with Crippen LogP contribution in [0.5, 0.6) is 5.75 Å². The molecule has 0 aliphatic carbocycles. The second-order valence-corrected chi connectivity index (χ2v) is 10.8. The summed E-state index contributed by atoms with van der Waals surface area (Å²) in [7, 11) is -1.08. The molecule has 212 valence electrons. The monoisotopic (exact) mass is 573 g/mol. The van der Waals surface area contributed by atoms with Crippen molar-refractivity contribution in [2.24, 2.45) is 0 Å². The number of hydrogen-bond donors (Lipinski definition) is 2. The van der Waals surface area contributed by atoms with Gasteiger partial charge in [0, 0.05) is 13.7 Å². The van der Waals surface area contributed by atoms with Crippen LogP contribution in [-0.2, 0) is 21.3 Å². The highest BCUT2D eigenvalue weighted by atomic mass is 32.2. The Hall–Kier alpha value is -4.67. The zero-order valence-electron chi connectivity index (χ0n) is 22.7. The van der Waals surface area contributed by atoms with Gasteiger partial charge in [0.2, 0.25) is 0 Å². The number of carbonyl (C=O) groups excluding carboxylic acids is 2. The number of sulfonamides is 1. The molecule has 0 saturated heterocycles. The molecular weight excluding hydrogens is 542 g/mol. The lowest BCUT2D eigenvalue weighted by molar-refractivity contribution is 0.0938. The summed E-state index contributed by atoms with van der Waals surface area (Å²) in [5.74, 6) is -0.428. The Kier molecular flexibility index (Phi) is 9.73. The molecule has 4 aromatic carbocycles. The Labute approximate surface area is 239 Å². The van der Waals surface area contributed by atoms with Gasteiger partial charge in [0.1, 0.15) is 5.75 Å². The van der Waals surface area contributed by atoms with E-state index >= 15 is 0 Å². The predicted molar refractivity (Wildman–Crippen MR) is 158 cm³/mol. The fourth-order valence-electron chi connectivity index (χ4n) is 4.15. The van der Waals surface area contributed by atoms with Gasteiger partial charge in [0.15, 0.2) is 0 Å². The van der Waals surface area contributed by atoms with Crippen LogP contribution in [0.15, 0.2) is 108 Å². The Balaban J connectivity index is 1.72. The summed E-state index contributed by atoms with van der Waals surface area (Å²) in [5, 5.41) is 5.54. The Morgan fingerprint density at radius 2 is 1.39 bits per heavy atom. The van der Waals surface area contributed by atoms with Gasteiger partial charge in [-0.2, -0.15) is 0 Å². The third-order valence-corrected chi connectivity index (χ3v) is 8.02. The normalized spacial score (nSPS) is 11.0. The highest BCUT2D eigenvalue weighted by Crippen LogP contribution is 2.31. The SMILES string of the molecule is COCCNC(=O)c1ccccc1NC(=O)c1ccccc1N(Cc1ccccc1)S(=O)(=O)c1ccc(OC)cc1. The van der Waals surface area contributed by atoms with Crippen LogP contribution in [0, 0.1) is 0 Å². The quantitative estimate of drug-likeness (QED) is 0.237. The first-order valence-corrected chi connectivity index (χ1v) is 14.3. The maximum absolute atomic E-state index is 14.0. The van der Waals surface area contributed by atoms with Gasteiger partial charge < -0.3 is 20.1 Å². The molecule has 0 aliphatic heterocycles. The molecule has 10 heteroatoms. The van der Waals surface area contributed by atoms with E-state index in [0.717, 1.165) is 5.56 Å². The molecule has 0 spiro atoms. The van der Waals surface area contributed by atoms with E-state index in [1.165, 1.54) is 30.7 Å². The molecule has 0 aromatic heterocycles. The maximum Gasteiger partial charge on any atom is 0.264 e. The third kappa shape index (κ3) is 7.10. The van der Waals surface area contributed by atoms with Crippen LogP contribution in [0.4, 0.5) is 11.4 Å². The van der Waals surface area contributed by atoms with Crippen LogP contribution in [0.3, 0.4) is 0 Å². The fraction of sp³-hybridized carbons (Fsp3) is 0.161. The van der Waals surface area contributed by atoms with Crippen LogP contribution in [0.1, 0.15) is 26.3 Å². The van der Waals surface area contributed by atoms with Crippen molar-refractivity contribution in [3.05, 3.63) is 120 Å². The standard InChI is InChI=1S/C31H31N3O6S/c1-39-21-20-32-30(35)26-12-6-8-14-28(26)33-31(36)27-13-7-9-15-29(27)34(22-23-10-4-3-5-11-23)41(37,38)25-18-16-24(40-2)17-19-25/h3-19H,20-22H2,1-2H3,(H,32,35)(H,33,36). The van der Waals surface area contributed by atoms with Crippen molar-refractivity contribution in [3.8, 4) is 5.75 Å². The molecule has 41 heavy (non-hydrogen) atoms. The topological polar surface area (TPSA) is 114 Å². The van der Waals surface area contributed by atoms with Gasteiger partial charge in [-0.05, 0) is 54.1 Å². The van der Waals surface area contributed by atoms with Crippen LogP contribution in [0.25, 0.3) is 0 Å². The van der Waals surface area contributed by atoms with E-state index in [0.29, 0.717) is 18.9 Å². The van der Waals surface area contributed by atoms with E-state index in [1.54, 1.807) is 60.7 Å². The van der Waals surface area contributed by atoms with Crippen molar-refractivity contribution in [2.45, 2.75) is 11.4 Å². The van der Waals surface area contributed by atoms with Crippen LogP contribution < -0.4 is 19.7 Å². The molecule has 0 saturated carbocycles. The molecular formula is C31H31N3O6S. The smallest absolute Gasteiger partial charge is 0.264 e. The van der Waals surface area contributed by atoms with E-state index in [4.69, 9.17) is 9.47 Å². The largest absolute Gasteiger partial charge is 0.497 e. The van der Waals surface area contributed by atoms with Crippen molar-refractivity contribution in [1.29, 1.82) is 0 Å². The van der Waals surface area contributed by atoms with Gasteiger partial charge >= 0.3 is 0 Å². The first-order valence-electron chi connectivity index (χ1n) is 12.8. The minimum absolute atomic E-state index is 0.0159. The number of anilines is 2. The van der Waals surface area contributed by atoms with Gasteiger partial charge in [-0.3, -0.25) is 13.9 Å². The van der Waals surface area contributed by atoms with Crippen molar-refractivity contribution in [1.82, 2.24) is 5.32 Å². The Morgan fingerprint density at radius 3 is 2.07 bits per heavy atom. The Bertz CT molecular complexity index is 1590. The molecule has 2 amide bonds. The first-order chi connectivity index (χ1) is 19.8. The summed E-state index contributed by atoms with van der Waals surface area (Å²) in [6, 6.07) is 28.3. The highest BCUT2D eigenvalue weighted by molar-refractivity contribution is 7.92. The highest BCUT2D eigenvalue weighted by Gasteiger charge is 2.29. The lowest BCUT2D eigenvalue weighted by Gasteiger charge is -2.27. The molecule has 0 atom stereocenters. The van der Waals surface area contributed by atoms with Crippen molar-refractivity contribution in [2.75, 3.05) is 37.0 Å². The maximum atomic E-state index is 14.0. The molecule has 0 heterocycles. The number of benzene rings is 4. The number of carbonyl (C=O) groups is 2. The van der Waals surface area contributed by atoms with E-state index in [9.17, 15) is 18.0 Å². The number of rotatable bonds is 12. The van der Waals surface area contributed by atoms with Crippen LogP contribution in [0.2, 0.25) is 0 Å². The average molecular weight is 574 g/mol. The fourth-order valence-corrected chi connectivity index (χ4v) is 5.62. The molecule has 0 radical (unpaired) electrons. The van der Waals surface area contributed by atoms with Crippen LogP contribution in [-0.4, -0.2) is 47.6 Å². The molecule has 9 nitrogen and oxygen atoms in total. The lowest BCUT2D eigenvalue weighted by atomic mass is 10.1. The summed E-state index contributed by atoms with van der Waals surface area (Å²) in [6.45, 7) is 0.629. The molecule has 0 bridgehead atoms. The second kappa shape index (κ2) is 13.6. The van der Waals surface area contributed by atoms with Gasteiger partial charge in [-0.1, -0.05) is 54.6 Å². The minimum Gasteiger partial charge on any atom is -0.497 e. The molecule has 4 rings (SSSR count). The average Bonchev–Trinajstić information content (AvgIpc) is 3.00. The molecule has 0 aliphatic rings. The number of methoxy groups -OCH3 is 2. The molecule has 2 N–H and O–H groups in total. The number of hydrogen-bond acceptors (Lipinski definition) is 6. The zero-order chi connectivity index (χ0) is 29.2. The van der Waals surface area contributed by atoms with E-state index in [-0.39, 0.29) is 39.8 Å². The first kappa shape index (κ1) is 29.3. The minimum atomic E-state index is -4.12. The second-order valence-electron chi connectivity index (χ2n) is 8.94. The van der Waals surface area contributed by atoms with Crippen molar-refractivity contribution < 1.29 is 27.5 Å². The van der Waals surface area contributed by atoms with Gasteiger partial charge in [0.25, 0.3) is 21.8 Å². The summed E-state index contributed by atoms with van der Waals surface area (Å²) < 4.78 is 39.4. The predicted octanol–water partition coefficient (Wildman–Crippen LogP) is 4.72. The number of nitrogens with zero attached hydrogens (tertiary/aromatic N) is 1. The number of amides is 2. The van der Waals surface area contributed by atoms with Crippen molar-refractivity contribution in [3.63, 3.8) is 0 Å². The number of para-hydroxylation sites is 2. The number of nitrogens with one attached hydrogen (secondary N) is 2. The zero-order valence-corrected chi connectivity index (χ0v) is 23.6. The van der Waals surface area contributed by atoms with E-state index in [2.05, 4.69) is 10.6 Å². The number of ether oxygens (including phenoxy) is 2. The van der Waals surface area contributed by atoms with Gasteiger partial charge in [-0.15, -0.1) is 0 Å². The summed E-state index contributed by atoms with van der Waals surface area (Å²) in [6.07, 6.45) is 0. The van der Waals surface area contributed by atoms with E-state index < -0.39 is 15.9 Å². The molecule has 4 aromatic rings. The van der Waals surface area contributed by atoms with Gasteiger partial charge in [0.05, 0.1) is 47.7 Å². The molecule has 0 unspecified atom stereocenters. The molecule has 0 fully saturated rings. The van der Waals surface area contributed by atoms with E-state index in [1.807, 2.05) is 30.3 Å². The van der Waals surface area contributed by atoms with Crippen molar-refractivity contribution >= 4 is 33.2 Å². The third-order valence-electron chi connectivity index (χ3n) is 6.25. The Morgan fingerprint density at radius 1 is 0.756 bits per heavy atom. The summed E-state index contributed by atoms with van der Waals surface area (Å²) in [4.78, 5) is 26.5. The van der Waals surface area contributed by atoms with Crippen LogP contribution >= 0.6 is 0 Å². The summed E-state index contributed by atoms with van der Waals surface area (Å²) in [5.41, 5.74) is 1.59.